The maximum absolute atomic E-state index is 11.1. The van der Waals surface area contributed by atoms with Gasteiger partial charge in [0.05, 0.1) is 13.0 Å². The molecule has 1 aromatic rings. The molecule has 1 heterocycles. The molecule has 1 aromatic heterocycles. The summed E-state index contributed by atoms with van der Waals surface area (Å²) in [4.78, 5) is 15.1. The van der Waals surface area contributed by atoms with Crippen LogP contribution in [0.2, 0.25) is 0 Å². The minimum Gasteiger partial charge on any atom is -0.481 e. The molecule has 2 atom stereocenters. The number of pyridine rings is 1. The van der Waals surface area contributed by atoms with Gasteiger partial charge in [0, 0.05) is 18.2 Å². The number of carbonyl (C=O) groups is 1. The number of aliphatic carboxylic acids is 1. The fraction of sp³-hybridized carbons (Fsp3) is 0.500. The Labute approximate surface area is 94.3 Å². The molecule has 16 heavy (non-hydrogen) atoms. The number of hydrogen-bond donors (Lipinski definition) is 1. The molecule has 1 fully saturated rings. The van der Waals surface area contributed by atoms with E-state index >= 15 is 0 Å². The number of hydrogen-bond acceptors (Lipinski definition) is 3. The van der Waals surface area contributed by atoms with Crippen LogP contribution < -0.4 is 4.74 Å². The molecule has 1 saturated carbocycles. The molecule has 4 heteroatoms. The number of carboxylic acids is 1. The molecule has 0 spiro atoms. The van der Waals surface area contributed by atoms with Gasteiger partial charge in [-0.25, -0.2) is 4.98 Å². The van der Waals surface area contributed by atoms with Crippen LogP contribution in [0.3, 0.4) is 0 Å². The van der Waals surface area contributed by atoms with Crippen molar-refractivity contribution in [1.82, 2.24) is 4.98 Å². The predicted molar refractivity (Wildman–Crippen MR) is 58.4 cm³/mol. The largest absolute Gasteiger partial charge is 0.481 e. The minimum absolute atomic E-state index is 0.0573. The van der Waals surface area contributed by atoms with E-state index in [1.165, 1.54) is 0 Å². The third-order valence-corrected chi connectivity index (χ3v) is 3.42. The Balaban J connectivity index is 2.29. The second kappa shape index (κ2) is 3.47. The summed E-state index contributed by atoms with van der Waals surface area (Å²) in [6.45, 7) is 3.95. The lowest BCUT2D eigenvalue weighted by Crippen LogP contribution is -2.03. The third-order valence-electron chi connectivity index (χ3n) is 3.42. The lowest BCUT2D eigenvalue weighted by atomic mass is 10.0. The lowest BCUT2D eigenvalue weighted by Gasteiger charge is -2.04. The fourth-order valence-electron chi connectivity index (χ4n) is 2.45. The Morgan fingerprint density at radius 2 is 2.25 bits per heavy atom. The molecule has 1 N–H and O–H groups in total. The molecule has 2 rings (SSSR count). The summed E-state index contributed by atoms with van der Waals surface area (Å²) in [5, 5.41) is 9.10. The molecule has 86 valence electrons. The number of ether oxygens (including phenoxy) is 1. The average molecular weight is 221 g/mol. The molecule has 0 bridgehead atoms. The van der Waals surface area contributed by atoms with Crippen LogP contribution in [-0.4, -0.2) is 23.2 Å². The summed E-state index contributed by atoms with van der Waals surface area (Å²) in [6.07, 6.45) is 1.65. The number of carboxylic acid groups (broad SMARTS) is 1. The first-order valence-corrected chi connectivity index (χ1v) is 5.21. The zero-order valence-electron chi connectivity index (χ0n) is 9.60. The Hall–Kier alpha value is -1.58. The highest BCUT2D eigenvalue weighted by Crippen LogP contribution is 2.64. The Bertz CT molecular complexity index is 428. The zero-order valence-corrected chi connectivity index (χ0v) is 9.60. The van der Waals surface area contributed by atoms with Gasteiger partial charge in [0.15, 0.2) is 0 Å². The van der Waals surface area contributed by atoms with Gasteiger partial charge < -0.3 is 9.84 Å². The smallest absolute Gasteiger partial charge is 0.307 e. The van der Waals surface area contributed by atoms with Crippen molar-refractivity contribution in [2.24, 2.45) is 11.3 Å². The molecular formula is C12H15NO3. The SMILES string of the molecule is COc1cc([C@H]2[C@H](C(=O)O)C2(C)C)ccn1. The van der Waals surface area contributed by atoms with Gasteiger partial charge >= 0.3 is 5.97 Å². The Morgan fingerprint density at radius 1 is 1.56 bits per heavy atom. The van der Waals surface area contributed by atoms with E-state index in [0.717, 1.165) is 5.56 Å². The topological polar surface area (TPSA) is 59.4 Å². The van der Waals surface area contributed by atoms with Crippen molar-refractivity contribution in [3.8, 4) is 5.88 Å². The summed E-state index contributed by atoms with van der Waals surface area (Å²) in [7, 11) is 1.55. The average Bonchev–Trinajstić information content (AvgIpc) is 2.82. The molecule has 4 nitrogen and oxygen atoms in total. The van der Waals surface area contributed by atoms with Gasteiger partial charge in [-0.1, -0.05) is 13.8 Å². The van der Waals surface area contributed by atoms with E-state index in [0.29, 0.717) is 5.88 Å². The number of aromatic nitrogens is 1. The Kier molecular flexibility index (Phi) is 2.37. The van der Waals surface area contributed by atoms with Crippen LogP contribution in [0.15, 0.2) is 18.3 Å². The fourth-order valence-corrected chi connectivity index (χ4v) is 2.45. The first kappa shape index (κ1) is 10.9. The van der Waals surface area contributed by atoms with Crippen LogP contribution in [0.4, 0.5) is 0 Å². The highest BCUT2D eigenvalue weighted by molar-refractivity contribution is 5.77. The number of nitrogens with zero attached hydrogens (tertiary/aromatic N) is 1. The maximum Gasteiger partial charge on any atom is 0.307 e. The maximum atomic E-state index is 11.1. The van der Waals surface area contributed by atoms with E-state index in [1.807, 2.05) is 26.0 Å². The summed E-state index contributed by atoms with van der Waals surface area (Å²) >= 11 is 0. The van der Waals surface area contributed by atoms with E-state index in [4.69, 9.17) is 9.84 Å². The third kappa shape index (κ3) is 1.54. The second-order valence-corrected chi connectivity index (χ2v) is 4.75. The van der Waals surface area contributed by atoms with Gasteiger partial charge in [-0.05, 0) is 17.0 Å². The molecule has 1 aliphatic rings. The van der Waals surface area contributed by atoms with Gasteiger partial charge in [-0.2, -0.15) is 0 Å². The van der Waals surface area contributed by atoms with Gasteiger partial charge in [0.2, 0.25) is 5.88 Å². The molecule has 0 saturated heterocycles. The van der Waals surface area contributed by atoms with Crippen molar-refractivity contribution in [3.05, 3.63) is 23.9 Å². The molecule has 0 radical (unpaired) electrons. The standard InChI is InChI=1S/C12H15NO3/c1-12(2)9(10(12)11(14)15)7-4-5-13-8(6-7)16-3/h4-6,9-10H,1-3H3,(H,14,15)/t9-,10+/m0/s1. The van der Waals surface area contributed by atoms with E-state index in [2.05, 4.69) is 4.98 Å². The quantitative estimate of drug-likeness (QED) is 0.847. The van der Waals surface area contributed by atoms with E-state index < -0.39 is 5.97 Å². The van der Waals surface area contributed by atoms with E-state index in [1.54, 1.807) is 13.3 Å². The molecule has 0 aliphatic heterocycles. The summed E-state index contributed by atoms with van der Waals surface area (Å²) in [5.41, 5.74) is 0.808. The van der Waals surface area contributed by atoms with Gasteiger partial charge in [0.25, 0.3) is 0 Å². The molecule has 1 aliphatic carbocycles. The number of methoxy groups -OCH3 is 1. The minimum atomic E-state index is -0.731. The van der Waals surface area contributed by atoms with Crippen LogP contribution in [0.25, 0.3) is 0 Å². The van der Waals surface area contributed by atoms with Crippen LogP contribution in [0, 0.1) is 11.3 Å². The molecule has 0 unspecified atom stereocenters. The van der Waals surface area contributed by atoms with Crippen molar-refractivity contribution in [2.75, 3.05) is 7.11 Å². The molecule has 0 aromatic carbocycles. The normalized spacial score (nSPS) is 26.2. The van der Waals surface area contributed by atoms with Crippen LogP contribution in [0.1, 0.15) is 25.3 Å². The van der Waals surface area contributed by atoms with Crippen LogP contribution in [0.5, 0.6) is 5.88 Å². The van der Waals surface area contributed by atoms with Crippen LogP contribution in [-0.2, 0) is 4.79 Å². The lowest BCUT2D eigenvalue weighted by molar-refractivity contribution is -0.139. The summed E-state index contributed by atoms with van der Waals surface area (Å²) in [6, 6.07) is 3.67. The monoisotopic (exact) mass is 221 g/mol. The predicted octanol–water partition coefficient (Wildman–Crippen LogP) is 1.91. The Morgan fingerprint density at radius 3 is 2.75 bits per heavy atom. The van der Waals surface area contributed by atoms with Crippen LogP contribution >= 0.6 is 0 Å². The molecular weight excluding hydrogens is 206 g/mol. The highest BCUT2D eigenvalue weighted by atomic mass is 16.5. The van der Waals surface area contributed by atoms with Crippen molar-refractivity contribution in [2.45, 2.75) is 19.8 Å². The zero-order chi connectivity index (χ0) is 11.9. The molecule has 0 amide bonds. The first-order valence-electron chi connectivity index (χ1n) is 5.21. The van der Waals surface area contributed by atoms with Gasteiger partial charge in [-0.15, -0.1) is 0 Å². The summed E-state index contributed by atoms with van der Waals surface area (Å²) in [5.74, 6) is -0.448. The van der Waals surface area contributed by atoms with E-state index in [-0.39, 0.29) is 17.3 Å². The van der Waals surface area contributed by atoms with Crippen molar-refractivity contribution in [3.63, 3.8) is 0 Å². The van der Waals surface area contributed by atoms with Gasteiger partial charge in [0.1, 0.15) is 0 Å². The highest BCUT2D eigenvalue weighted by Gasteiger charge is 2.62. The summed E-state index contributed by atoms with van der Waals surface area (Å²) < 4.78 is 5.04. The first-order chi connectivity index (χ1) is 7.48. The van der Waals surface area contributed by atoms with Gasteiger partial charge in [-0.3, -0.25) is 4.79 Å². The van der Waals surface area contributed by atoms with E-state index in [9.17, 15) is 4.79 Å². The number of rotatable bonds is 3. The second-order valence-electron chi connectivity index (χ2n) is 4.75. The van der Waals surface area contributed by atoms with Crippen molar-refractivity contribution >= 4 is 5.97 Å². The van der Waals surface area contributed by atoms with Crippen molar-refractivity contribution < 1.29 is 14.6 Å². The van der Waals surface area contributed by atoms with Crippen molar-refractivity contribution in [1.29, 1.82) is 0 Å².